The Kier molecular flexibility index (Phi) is 1.47. The lowest BCUT2D eigenvalue weighted by Gasteiger charge is -2.12. The highest BCUT2D eigenvalue weighted by Gasteiger charge is 2.21. The van der Waals surface area contributed by atoms with Crippen molar-refractivity contribution >= 4 is 54.3 Å². The highest BCUT2D eigenvalue weighted by atomic mass is 16.4. The fraction of sp³-hybridized carbons (Fsp3) is 0. The van der Waals surface area contributed by atoms with Crippen molar-refractivity contribution in [2.75, 3.05) is 0 Å². The summed E-state index contributed by atoms with van der Waals surface area (Å²) < 4.78 is 5.80. The van der Waals surface area contributed by atoms with Crippen molar-refractivity contribution < 1.29 is 4.42 Å². The highest BCUT2D eigenvalue weighted by molar-refractivity contribution is 6.39. The second kappa shape index (κ2) is 3.09. The minimum absolute atomic E-state index is 1.07. The molecule has 1 heteroatoms. The van der Waals surface area contributed by atoms with Crippen molar-refractivity contribution in [1.82, 2.24) is 0 Å². The monoisotopic (exact) mass is 266 g/mol. The van der Waals surface area contributed by atoms with Crippen LogP contribution in [0.25, 0.3) is 54.3 Å². The quantitative estimate of drug-likeness (QED) is 0.245. The van der Waals surface area contributed by atoms with Gasteiger partial charge in [0.25, 0.3) is 0 Å². The number of hydrogen-bond acceptors (Lipinski definition) is 1. The average molecular weight is 266 g/mol. The highest BCUT2D eigenvalue weighted by Crippen LogP contribution is 2.47. The van der Waals surface area contributed by atoms with Gasteiger partial charge in [0.05, 0.1) is 0 Å². The topological polar surface area (TPSA) is 13.1 Å². The summed E-state index contributed by atoms with van der Waals surface area (Å²) >= 11 is 0. The summed E-state index contributed by atoms with van der Waals surface area (Å²) in [6.45, 7) is 0. The Bertz CT molecular complexity index is 1170. The lowest BCUT2D eigenvalue weighted by Crippen LogP contribution is -1.85. The molecule has 1 heterocycles. The lowest BCUT2D eigenvalue weighted by atomic mass is 9.89. The molecule has 6 aromatic rings. The van der Waals surface area contributed by atoms with E-state index in [0.717, 1.165) is 11.2 Å². The molecule has 0 radical (unpaired) electrons. The molecule has 0 saturated heterocycles. The molecule has 0 bridgehead atoms. The van der Waals surface area contributed by atoms with Crippen LogP contribution in [0.5, 0.6) is 0 Å². The van der Waals surface area contributed by atoms with Crippen molar-refractivity contribution in [3.05, 3.63) is 60.7 Å². The van der Waals surface area contributed by atoms with Crippen molar-refractivity contribution in [2.24, 2.45) is 0 Å². The van der Waals surface area contributed by atoms with Gasteiger partial charge in [-0.2, -0.15) is 0 Å². The molecule has 0 unspecified atom stereocenters. The molecule has 0 N–H and O–H groups in total. The van der Waals surface area contributed by atoms with Gasteiger partial charge in [-0.05, 0) is 21.5 Å². The second-order valence-electron chi connectivity index (χ2n) is 5.76. The second-order valence-corrected chi connectivity index (χ2v) is 5.76. The first-order valence-electron chi connectivity index (χ1n) is 7.22. The maximum atomic E-state index is 5.80. The summed E-state index contributed by atoms with van der Waals surface area (Å²) in [6.07, 6.45) is 0. The fourth-order valence-corrected chi connectivity index (χ4v) is 3.85. The van der Waals surface area contributed by atoms with Gasteiger partial charge in [-0.3, -0.25) is 0 Å². The Morgan fingerprint density at radius 1 is 0.429 bits per heavy atom. The summed E-state index contributed by atoms with van der Waals surface area (Å²) in [5.74, 6) is 0. The predicted molar refractivity (Wildman–Crippen MR) is 88.6 cm³/mol. The van der Waals surface area contributed by atoms with Crippen molar-refractivity contribution in [3.8, 4) is 0 Å². The molecule has 1 nitrogen and oxygen atoms in total. The van der Waals surface area contributed by atoms with Crippen LogP contribution in [0.1, 0.15) is 0 Å². The zero-order valence-electron chi connectivity index (χ0n) is 11.2. The number of benzene rings is 5. The Balaban J connectivity index is 2.18. The Labute approximate surface area is 120 Å². The van der Waals surface area contributed by atoms with E-state index in [1.807, 2.05) is 0 Å². The van der Waals surface area contributed by atoms with Gasteiger partial charge in [-0.15, -0.1) is 0 Å². The molecule has 21 heavy (non-hydrogen) atoms. The van der Waals surface area contributed by atoms with E-state index in [0.29, 0.717) is 0 Å². The summed E-state index contributed by atoms with van der Waals surface area (Å²) in [5, 5.41) is 10.5. The molecule has 5 aromatic carbocycles. The van der Waals surface area contributed by atoms with Crippen LogP contribution >= 0.6 is 0 Å². The van der Waals surface area contributed by atoms with E-state index < -0.39 is 0 Å². The van der Waals surface area contributed by atoms with E-state index in [9.17, 15) is 0 Å². The molecule has 6 rings (SSSR count). The Hall–Kier alpha value is -2.80. The van der Waals surface area contributed by atoms with Crippen LogP contribution in [0.15, 0.2) is 65.1 Å². The van der Waals surface area contributed by atoms with Gasteiger partial charge in [0.2, 0.25) is 0 Å². The first-order chi connectivity index (χ1) is 10.4. The van der Waals surface area contributed by atoms with Gasteiger partial charge < -0.3 is 4.42 Å². The largest absolute Gasteiger partial charge is 0.448 e. The van der Waals surface area contributed by atoms with Crippen molar-refractivity contribution in [3.63, 3.8) is 0 Å². The van der Waals surface area contributed by atoms with E-state index in [1.165, 1.54) is 43.1 Å². The first kappa shape index (κ1) is 10.0. The molecule has 0 saturated carbocycles. The predicted octanol–water partition coefficient (Wildman–Crippen LogP) is 5.92. The van der Waals surface area contributed by atoms with Crippen molar-refractivity contribution in [1.29, 1.82) is 0 Å². The molecular formula is C20H10O. The van der Waals surface area contributed by atoms with E-state index in [4.69, 9.17) is 4.42 Å². The Morgan fingerprint density at radius 2 is 0.857 bits per heavy atom. The van der Waals surface area contributed by atoms with Gasteiger partial charge in [0, 0.05) is 21.5 Å². The summed E-state index contributed by atoms with van der Waals surface area (Å²) in [4.78, 5) is 0. The average Bonchev–Trinajstić information content (AvgIpc) is 3.35. The van der Waals surface area contributed by atoms with Crippen LogP contribution in [-0.4, -0.2) is 0 Å². The van der Waals surface area contributed by atoms with Gasteiger partial charge in [-0.25, -0.2) is 0 Å². The third kappa shape index (κ3) is 1.03. The van der Waals surface area contributed by atoms with Gasteiger partial charge in [0.15, 0.2) is 11.2 Å². The summed E-state index contributed by atoms with van der Waals surface area (Å²) in [5.41, 5.74) is 2.13. The van der Waals surface area contributed by atoms with E-state index in [2.05, 4.69) is 60.7 Å². The third-order valence-corrected chi connectivity index (χ3v) is 4.74. The molecular weight excluding hydrogens is 256 g/mol. The normalized spacial score (nSPS) is 12.8. The molecule has 0 atom stereocenters. The van der Waals surface area contributed by atoms with E-state index in [1.54, 1.807) is 0 Å². The standard InChI is InChI=1S/C20H10O/c1-2-6-12-11(5-1)13-7-3-9-15-17(13)18-14(12)8-4-10-16(18)20-19(15)21-20/h1-10H. The molecule has 1 aromatic heterocycles. The molecule has 96 valence electrons. The lowest BCUT2D eigenvalue weighted by molar-refractivity contribution is 0.762. The molecule has 0 spiro atoms. The minimum Gasteiger partial charge on any atom is -0.448 e. The maximum absolute atomic E-state index is 5.80. The smallest absolute Gasteiger partial charge is 0.178 e. The summed E-state index contributed by atoms with van der Waals surface area (Å²) in [7, 11) is 0. The first-order valence-corrected chi connectivity index (χ1v) is 7.22. The van der Waals surface area contributed by atoms with Crippen LogP contribution in [0.2, 0.25) is 0 Å². The third-order valence-electron chi connectivity index (χ3n) is 4.74. The van der Waals surface area contributed by atoms with E-state index in [-0.39, 0.29) is 0 Å². The fourth-order valence-electron chi connectivity index (χ4n) is 3.85. The van der Waals surface area contributed by atoms with Gasteiger partial charge in [-0.1, -0.05) is 60.7 Å². The number of fused-ring (bicyclic) bond motifs is 6. The molecule has 0 aliphatic heterocycles. The van der Waals surface area contributed by atoms with Crippen LogP contribution in [0.3, 0.4) is 0 Å². The Morgan fingerprint density at radius 3 is 1.38 bits per heavy atom. The van der Waals surface area contributed by atoms with Crippen LogP contribution in [-0.2, 0) is 0 Å². The van der Waals surface area contributed by atoms with Crippen molar-refractivity contribution in [2.45, 2.75) is 0 Å². The number of hydrogen-bond donors (Lipinski definition) is 0. The van der Waals surface area contributed by atoms with Crippen LogP contribution < -0.4 is 0 Å². The summed E-state index contributed by atoms with van der Waals surface area (Å²) in [6, 6.07) is 21.8. The van der Waals surface area contributed by atoms with Crippen LogP contribution in [0.4, 0.5) is 0 Å². The molecule has 0 aliphatic carbocycles. The SMILES string of the molecule is c1ccc2c(c1)c1cccc3c4oc4c4cccc2c4c13. The molecule has 0 aliphatic rings. The zero-order chi connectivity index (χ0) is 13.6. The van der Waals surface area contributed by atoms with E-state index >= 15 is 0 Å². The van der Waals surface area contributed by atoms with Crippen LogP contribution in [0, 0.1) is 0 Å². The molecule has 0 fully saturated rings. The maximum Gasteiger partial charge on any atom is 0.178 e. The zero-order valence-corrected chi connectivity index (χ0v) is 11.2. The van der Waals surface area contributed by atoms with Gasteiger partial charge in [0.1, 0.15) is 0 Å². The number of rotatable bonds is 0. The molecule has 0 amide bonds. The minimum atomic E-state index is 1.07. The van der Waals surface area contributed by atoms with Gasteiger partial charge >= 0.3 is 0 Å².